The fraction of sp³-hybridized carbons (Fsp3) is 0.222. The second-order valence-electron chi connectivity index (χ2n) is 5.13. The van der Waals surface area contributed by atoms with Gasteiger partial charge in [0, 0.05) is 39.5 Å². The monoisotopic (exact) mass is 376 g/mol. The Hall–Kier alpha value is -1.83. The van der Waals surface area contributed by atoms with Gasteiger partial charge < -0.3 is 11.1 Å². The minimum atomic E-state index is -0.224. The van der Waals surface area contributed by atoms with Crippen molar-refractivity contribution in [3.05, 3.63) is 58.5 Å². The molecule has 132 valence electrons. The van der Waals surface area contributed by atoms with Gasteiger partial charge in [0.25, 0.3) is 0 Å². The van der Waals surface area contributed by atoms with Gasteiger partial charge in [-0.15, -0.1) is 23.5 Å². The molecule has 7 heteroatoms. The van der Waals surface area contributed by atoms with Crippen LogP contribution in [-0.4, -0.2) is 30.4 Å². The van der Waals surface area contributed by atoms with Gasteiger partial charge in [0.15, 0.2) is 0 Å². The summed E-state index contributed by atoms with van der Waals surface area (Å²) in [7, 11) is 0. The molecule has 25 heavy (non-hydrogen) atoms. The quantitative estimate of drug-likeness (QED) is 0.407. The van der Waals surface area contributed by atoms with Crippen molar-refractivity contribution in [3.63, 3.8) is 0 Å². The largest absolute Gasteiger partial charge is 0.376 e. The maximum atomic E-state index is 13.8. The second kappa shape index (κ2) is 9.60. The van der Waals surface area contributed by atoms with E-state index in [0.717, 1.165) is 27.5 Å². The number of nitrogens with one attached hydrogen (secondary N) is 1. The van der Waals surface area contributed by atoms with Gasteiger partial charge in [0.2, 0.25) is 0 Å². The van der Waals surface area contributed by atoms with Gasteiger partial charge in [0.1, 0.15) is 5.82 Å². The van der Waals surface area contributed by atoms with Gasteiger partial charge in [-0.2, -0.15) is 0 Å². The van der Waals surface area contributed by atoms with E-state index in [9.17, 15) is 4.39 Å². The highest BCUT2D eigenvalue weighted by Gasteiger charge is 2.09. The number of anilines is 1. The van der Waals surface area contributed by atoms with Crippen molar-refractivity contribution in [1.82, 2.24) is 4.98 Å². The maximum absolute atomic E-state index is 13.8. The number of benzene rings is 1. The zero-order chi connectivity index (χ0) is 18.2. The highest BCUT2D eigenvalue weighted by atomic mass is 32.2. The number of aromatic nitrogens is 1. The summed E-state index contributed by atoms with van der Waals surface area (Å²) < 4.78 is 13.8. The first-order valence-electron chi connectivity index (χ1n) is 7.62. The lowest BCUT2D eigenvalue weighted by molar-refractivity contribution is 0.603. The molecule has 3 N–H and O–H groups in total. The molecule has 0 radical (unpaired) electrons. The van der Waals surface area contributed by atoms with E-state index in [-0.39, 0.29) is 5.82 Å². The second-order valence-corrected chi connectivity index (χ2v) is 7.05. The van der Waals surface area contributed by atoms with E-state index in [1.54, 1.807) is 12.3 Å². The number of hydrogen-bond acceptors (Lipinski definition) is 6. The van der Waals surface area contributed by atoms with Gasteiger partial charge in [-0.05, 0) is 50.2 Å². The van der Waals surface area contributed by atoms with Crippen molar-refractivity contribution >= 4 is 41.6 Å². The zero-order valence-corrected chi connectivity index (χ0v) is 15.9. The molecule has 4 nitrogen and oxygen atoms in total. The van der Waals surface area contributed by atoms with Crippen LogP contribution in [0.15, 0.2) is 51.3 Å². The number of halogens is 1. The molecule has 1 aromatic heterocycles. The molecule has 0 aliphatic rings. The Morgan fingerprint density at radius 1 is 1.36 bits per heavy atom. The molecule has 0 aliphatic carbocycles. The predicted molar refractivity (Wildman–Crippen MR) is 109 cm³/mol. The Labute approximate surface area is 156 Å². The molecule has 2 rings (SSSR count). The lowest BCUT2D eigenvalue weighted by Crippen LogP contribution is -2.06. The number of aliphatic imine (C=N–C) groups is 1. The van der Waals surface area contributed by atoms with Crippen LogP contribution in [0.4, 0.5) is 10.1 Å². The first-order chi connectivity index (χ1) is 12.1. The van der Waals surface area contributed by atoms with Crippen molar-refractivity contribution in [2.24, 2.45) is 10.7 Å². The molecule has 2 aromatic rings. The van der Waals surface area contributed by atoms with Crippen molar-refractivity contribution in [2.45, 2.75) is 11.8 Å². The Morgan fingerprint density at radius 3 is 2.76 bits per heavy atom. The van der Waals surface area contributed by atoms with Crippen LogP contribution >= 0.6 is 23.5 Å². The van der Waals surface area contributed by atoms with E-state index in [1.807, 2.05) is 31.4 Å². The molecule has 0 saturated heterocycles. The van der Waals surface area contributed by atoms with Crippen LogP contribution in [0.2, 0.25) is 0 Å². The highest BCUT2D eigenvalue weighted by molar-refractivity contribution is 8.03. The van der Waals surface area contributed by atoms with Crippen LogP contribution in [0.1, 0.15) is 11.3 Å². The maximum Gasteiger partial charge on any atom is 0.138 e. The van der Waals surface area contributed by atoms with Crippen LogP contribution in [0, 0.1) is 12.7 Å². The third-order valence-electron chi connectivity index (χ3n) is 3.45. The minimum absolute atomic E-state index is 0.224. The molecular formula is C18H21FN4S2. The minimum Gasteiger partial charge on any atom is -0.376 e. The van der Waals surface area contributed by atoms with E-state index >= 15 is 0 Å². The average Bonchev–Trinajstić information content (AvgIpc) is 2.61. The number of rotatable bonds is 8. The van der Waals surface area contributed by atoms with Gasteiger partial charge in [-0.25, -0.2) is 4.39 Å². The molecule has 1 heterocycles. The van der Waals surface area contributed by atoms with E-state index in [0.29, 0.717) is 17.3 Å². The van der Waals surface area contributed by atoms with Crippen molar-refractivity contribution in [3.8, 4) is 0 Å². The van der Waals surface area contributed by atoms with E-state index in [1.165, 1.54) is 29.6 Å². The molecule has 0 amide bonds. The molecule has 0 atom stereocenters. The number of aryl methyl sites for hydroxylation is 1. The first kappa shape index (κ1) is 19.5. The third kappa shape index (κ3) is 5.32. The zero-order valence-electron chi connectivity index (χ0n) is 14.3. The number of nitrogens with zero attached hydrogens (tertiary/aromatic N) is 2. The van der Waals surface area contributed by atoms with Crippen molar-refractivity contribution < 1.29 is 4.39 Å². The Balaban J connectivity index is 2.10. The van der Waals surface area contributed by atoms with Crippen LogP contribution < -0.4 is 11.1 Å². The van der Waals surface area contributed by atoms with Gasteiger partial charge >= 0.3 is 0 Å². The Morgan fingerprint density at radius 2 is 2.16 bits per heavy atom. The lowest BCUT2D eigenvalue weighted by Gasteiger charge is -2.12. The average molecular weight is 377 g/mol. The SMILES string of the molecule is C=N/C(=C(/CN)SCNc1ccc(SC)c(F)c1)c1ccnc(C)c1. The predicted octanol–water partition coefficient (Wildman–Crippen LogP) is 4.38. The molecule has 0 aliphatic heterocycles. The van der Waals surface area contributed by atoms with Crippen molar-refractivity contribution in [2.75, 3.05) is 24.0 Å². The summed E-state index contributed by atoms with van der Waals surface area (Å²) in [5.74, 6) is 0.325. The lowest BCUT2D eigenvalue weighted by atomic mass is 10.1. The van der Waals surface area contributed by atoms with Gasteiger partial charge in [0.05, 0.1) is 11.6 Å². The molecule has 0 bridgehead atoms. The van der Waals surface area contributed by atoms with Gasteiger partial charge in [-0.3, -0.25) is 9.98 Å². The van der Waals surface area contributed by atoms with E-state index in [2.05, 4.69) is 22.0 Å². The highest BCUT2D eigenvalue weighted by Crippen LogP contribution is 2.28. The van der Waals surface area contributed by atoms with E-state index < -0.39 is 0 Å². The standard InChI is InChI=1S/C18H21FN4S2/c1-12-8-13(6-7-22-12)18(21-2)17(10-20)25-11-23-14-4-5-16(24-3)15(19)9-14/h4-9,23H,2,10-11,20H2,1,3H3/b18-17-. The number of thioether (sulfide) groups is 2. The molecular weight excluding hydrogens is 355 g/mol. The Bertz CT molecular complexity index is 777. The summed E-state index contributed by atoms with van der Waals surface area (Å²) in [6.45, 7) is 5.94. The fourth-order valence-corrected chi connectivity index (χ4v) is 3.55. The number of hydrogen-bond donors (Lipinski definition) is 2. The van der Waals surface area contributed by atoms with Crippen LogP contribution in [0.5, 0.6) is 0 Å². The van der Waals surface area contributed by atoms with Crippen LogP contribution in [0.25, 0.3) is 5.70 Å². The molecule has 0 fully saturated rings. The van der Waals surface area contributed by atoms with Crippen LogP contribution in [-0.2, 0) is 0 Å². The first-order valence-corrected chi connectivity index (χ1v) is 9.83. The summed E-state index contributed by atoms with van der Waals surface area (Å²) in [4.78, 5) is 9.88. The van der Waals surface area contributed by atoms with Crippen LogP contribution in [0.3, 0.4) is 0 Å². The number of pyridine rings is 1. The molecule has 1 aromatic carbocycles. The summed E-state index contributed by atoms with van der Waals surface area (Å²) in [6, 6.07) is 8.96. The summed E-state index contributed by atoms with van der Waals surface area (Å²) in [6.07, 6.45) is 3.59. The summed E-state index contributed by atoms with van der Waals surface area (Å²) >= 11 is 2.91. The summed E-state index contributed by atoms with van der Waals surface area (Å²) in [5.41, 5.74) is 9.22. The topological polar surface area (TPSA) is 63.3 Å². The normalized spacial score (nSPS) is 11.8. The van der Waals surface area contributed by atoms with Crippen molar-refractivity contribution in [1.29, 1.82) is 0 Å². The molecule has 0 saturated carbocycles. The molecule has 0 unspecified atom stereocenters. The van der Waals surface area contributed by atoms with Gasteiger partial charge in [-0.1, -0.05) is 0 Å². The number of nitrogens with two attached hydrogens (primary N) is 1. The third-order valence-corrected chi connectivity index (χ3v) is 5.22. The van der Waals surface area contributed by atoms with E-state index in [4.69, 9.17) is 5.73 Å². The molecule has 0 spiro atoms. The fourth-order valence-electron chi connectivity index (χ4n) is 2.24. The smallest absolute Gasteiger partial charge is 0.138 e. The Kier molecular flexibility index (Phi) is 7.49. The summed E-state index contributed by atoms with van der Waals surface area (Å²) in [5, 5.41) is 3.19.